The summed E-state index contributed by atoms with van der Waals surface area (Å²) >= 11 is 0. The van der Waals surface area contributed by atoms with Gasteiger partial charge in [-0.3, -0.25) is 0 Å². The molecule has 0 aliphatic rings. The molecule has 0 spiro atoms. The smallest absolute Gasteiger partial charge is 0.143 e. The molecular formula is C62H41NO. The Hall–Kier alpha value is -8.46. The second-order valence-electron chi connectivity index (χ2n) is 16.5. The molecule has 1 heterocycles. The molecule has 0 amide bonds. The SMILES string of the molecule is c1ccc(-c2ccc(-c3ccc(N(c4ccc(-c5ccc(-c6ccccc6)cc5)cc4)c4ccc(-c5cc6ccccc6c6c5oc5ccc7ccccc7c56)cc4)cc3)cc2)cc1. The van der Waals surface area contributed by atoms with E-state index in [1.807, 2.05) is 0 Å². The Balaban J connectivity index is 0.930. The molecule has 0 aliphatic carbocycles. The molecule has 12 aromatic rings. The Labute approximate surface area is 372 Å². The maximum atomic E-state index is 6.81. The predicted molar refractivity (Wildman–Crippen MR) is 271 cm³/mol. The first-order chi connectivity index (χ1) is 31.7. The molecule has 64 heavy (non-hydrogen) atoms. The zero-order valence-corrected chi connectivity index (χ0v) is 35.0. The number of nitrogens with zero attached hydrogens (tertiary/aromatic N) is 1. The van der Waals surface area contributed by atoms with Gasteiger partial charge in [0.05, 0.1) is 0 Å². The third-order valence-corrected chi connectivity index (χ3v) is 12.7. The fraction of sp³-hybridized carbons (Fsp3) is 0. The highest BCUT2D eigenvalue weighted by Gasteiger charge is 2.19. The minimum absolute atomic E-state index is 0.903. The van der Waals surface area contributed by atoms with E-state index in [0.29, 0.717) is 0 Å². The Bertz CT molecular complexity index is 3460. The van der Waals surface area contributed by atoms with Gasteiger partial charge in [0.25, 0.3) is 0 Å². The third-order valence-electron chi connectivity index (χ3n) is 12.7. The Morgan fingerprint density at radius 3 is 1.09 bits per heavy atom. The Morgan fingerprint density at radius 1 is 0.266 bits per heavy atom. The van der Waals surface area contributed by atoms with Gasteiger partial charge in [0.1, 0.15) is 11.2 Å². The molecule has 11 aromatic carbocycles. The fourth-order valence-corrected chi connectivity index (χ4v) is 9.42. The first kappa shape index (κ1) is 37.3. The van der Waals surface area contributed by atoms with E-state index in [1.165, 1.54) is 71.4 Å². The molecular weight excluding hydrogens is 775 g/mol. The van der Waals surface area contributed by atoms with Crippen molar-refractivity contribution in [1.29, 1.82) is 0 Å². The van der Waals surface area contributed by atoms with Crippen molar-refractivity contribution in [1.82, 2.24) is 0 Å². The van der Waals surface area contributed by atoms with Crippen molar-refractivity contribution in [3.8, 4) is 55.6 Å². The van der Waals surface area contributed by atoms with Crippen molar-refractivity contribution in [2.75, 3.05) is 4.90 Å². The van der Waals surface area contributed by atoms with E-state index < -0.39 is 0 Å². The first-order valence-electron chi connectivity index (χ1n) is 21.9. The molecule has 0 aliphatic heterocycles. The fourth-order valence-electron chi connectivity index (χ4n) is 9.42. The number of hydrogen-bond acceptors (Lipinski definition) is 2. The molecule has 2 heteroatoms. The van der Waals surface area contributed by atoms with E-state index in [2.05, 4.69) is 254 Å². The average Bonchev–Trinajstić information content (AvgIpc) is 3.78. The molecule has 1 aromatic heterocycles. The minimum Gasteiger partial charge on any atom is -0.455 e. The van der Waals surface area contributed by atoms with Crippen LogP contribution < -0.4 is 4.90 Å². The van der Waals surface area contributed by atoms with Gasteiger partial charge in [-0.25, -0.2) is 0 Å². The van der Waals surface area contributed by atoms with Crippen LogP contribution in [0.2, 0.25) is 0 Å². The summed E-state index contributed by atoms with van der Waals surface area (Å²) in [6.07, 6.45) is 0. The average molecular weight is 816 g/mol. The number of hydrogen-bond donors (Lipinski definition) is 0. The van der Waals surface area contributed by atoms with Gasteiger partial charge in [0.2, 0.25) is 0 Å². The second-order valence-corrected chi connectivity index (χ2v) is 16.5. The monoisotopic (exact) mass is 815 g/mol. The Kier molecular flexibility index (Phi) is 9.20. The molecule has 12 rings (SSSR count). The molecule has 0 unspecified atom stereocenters. The highest BCUT2D eigenvalue weighted by molar-refractivity contribution is 6.28. The first-order valence-corrected chi connectivity index (χ1v) is 21.9. The van der Waals surface area contributed by atoms with E-state index in [0.717, 1.165) is 44.7 Å². The van der Waals surface area contributed by atoms with Crippen LogP contribution in [0.3, 0.4) is 0 Å². The summed E-state index contributed by atoms with van der Waals surface area (Å²) in [5.74, 6) is 0. The van der Waals surface area contributed by atoms with Crippen LogP contribution in [0.25, 0.3) is 99.1 Å². The van der Waals surface area contributed by atoms with Crippen LogP contribution in [-0.4, -0.2) is 0 Å². The molecule has 0 bridgehead atoms. The predicted octanol–water partition coefficient (Wildman–Crippen LogP) is 17.7. The van der Waals surface area contributed by atoms with Crippen LogP contribution in [0.5, 0.6) is 0 Å². The van der Waals surface area contributed by atoms with Gasteiger partial charge in [-0.1, -0.05) is 200 Å². The van der Waals surface area contributed by atoms with E-state index in [4.69, 9.17) is 4.42 Å². The lowest BCUT2D eigenvalue weighted by Crippen LogP contribution is -2.09. The van der Waals surface area contributed by atoms with E-state index in [1.54, 1.807) is 0 Å². The molecule has 0 atom stereocenters. The highest BCUT2D eigenvalue weighted by Crippen LogP contribution is 2.45. The van der Waals surface area contributed by atoms with Crippen molar-refractivity contribution in [2.24, 2.45) is 0 Å². The van der Waals surface area contributed by atoms with Gasteiger partial charge in [-0.15, -0.1) is 0 Å². The van der Waals surface area contributed by atoms with Crippen molar-refractivity contribution in [2.45, 2.75) is 0 Å². The van der Waals surface area contributed by atoms with Crippen LogP contribution in [0, 0.1) is 0 Å². The molecule has 2 nitrogen and oxygen atoms in total. The van der Waals surface area contributed by atoms with Gasteiger partial charge in [-0.2, -0.15) is 0 Å². The summed E-state index contributed by atoms with van der Waals surface area (Å²) in [6, 6.07) is 89.4. The lowest BCUT2D eigenvalue weighted by atomic mass is 9.94. The van der Waals surface area contributed by atoms with Gasteiger partial charge in [-0.05, 0) is 120 Å². The standard InChI is InChI=1S/C62H41NO/c1-3-11-42(12-4-1)44-19-23-46(24-20-44)48-27-34-53(35-28-48)63(54-36-29-49(30-37-54)47-25-21-45(22-26-47)43-13-5-2-6-14-43)55-38-31-51(32-39-55)58-41-52-16-8-10-18-57(52)61-60-56-17-9-7-15-50(56)33-40-59(60)64-62(58)61/h1-41H. The van der Waals surface area contributed by atoms with Crippen LogP contribution >= 0.6 is 0 Å². The van der Waals surface area contributed by atoms with Gasteiger partial charge in [0.15, 0.2) is 0 Å². The Morgan fingerprint density at radius 2 is 0.625 bits per heavy atom. The molecule has 0 saturated heterocycles. The topological polar surface area (TPSA) is 16.4 Å². The summed E-state index contributed by atoms with van der Waals surface area (Å²) in [6.45, 7) is 0. The van der Waals surface area contributed by atoms with Crippen LogP contribution in [0.1, 0.15) is 0 Å². The quantitative estimate of drug-likeness (QED) is 0.152. The van der Waals surface area contributed by atoms with E-state index in [9.17, 15) is 0 Å². The number of fused-ring (bicyclic) bond motifs is 7. The number of benzene rings is 11. The van der Waals surface area contributed by atoms with Crippen molar-refractivity contribution in [3.05, 3.63) is 249 Å². The second kappa shape index (κ2) is 15.8. The largest absolute Gasteiger partial charge is 0.455 e. The van der Waals surface area contributed by atoms with E-state index >= 15 is 0 Å². The summed E-state index contributed by atoms with van der Waals surface area (Å²) in [4.78, 5) is 2.34. The van der Waals surface area contributed by atoms with Crippen molar-refractivity contribution >= 4 is 60.5 Å². The van der Waals surface area contributed by atoms with Gasteiger partial charge >= 0.3 is 0 Å². The van der Waals surface area contributed by atoms with Gasteiger partial charge < -0.3 is 9.32 Å². The molecule has 300 valence electrons. The number of furan rings is 1. The maximum absolute atomic E-state index is 6.81. The summed E-state index contributed by atoms with van der Waals surface area (Å²) in [7, 11) is 0. The minimum atomic E-state index is 0.903. The number of anilines is 3. The molecule has 0 fully saturated rings. The third kappa shape index (κ3) is 6.70. The molecule has 0 N–H and O–H groups in total. The van der Waals surface area contributed by atoms with Crippen LogP contribution in [0.4, 0.5) is 17.1 Å². The number of rotatable bonds is 8. The van der Waals surface area contributed by atoms with Crippen molar-refractivity contribution in [3.63, 3.8) is 0 Å². The zero-order chi connectivity index (χ0) is 42.4. The molecule has 0 saturated carbocycles. The van der Waals surface area contributed by atoms with E-state index in [-0.39, 0.29) is 0 Å². The van der Waals surface area contributed by atoms with Crippen LogP contribution in [-0.2, 0) is 0 Å². The zero-order valence-electron chi connectivity index (χ0n) is 35.0. The lowest BCUT2D eigenvalue weighted by Gasteiger charge is -2.26. The normalized spacial score (nSPS) is 11.4. The van der Waals surface area contributed by atoms with Crippen LogP contribution in [0.15, 0.2) is 253 Å². The summed E-state index contributed by atoms with van der Waals surface area (Å²) in [5, 5.41) is 7.13. The molecule has 0 radical (unpaired) electrons. The summed E-state index contributed by atoms with van der Waals surface area (Å²) < 4.78 is 6.81. The maximum Gasteiger partial charge on any atom is 0.143 e. The van der Waals surface area contributed by atoms with Crippen molar-refractivity contribution < 1.29 is 4.42 Å². The van der Waals surface area contributed by atoms with Gasteiger partial charge in [0, 0.05) is 33.4 Å². The lowest BCUT2D eigenvalue weighted by molar-refractivity contribution is 0.670. The summed E-state index contributed by atoms with van der Waals surface area (Å²) in [5.41, 5.74) is 16.8. The highest BCUT2D eigenvalue weighted by atomic mass is 16.3.